The van der Waals surface area contributed by atoms with E-state index in [1.54, 1.807) is 6.07 Å². The molecule has 0 saturated heterocycles. The maximum Gasteiger partial charge on any atom is 0.416 e. The van der Waals surface area contributed by atoms with Crippen LogP contribution in [0.3, 0.4) is 0 Å². The lowest BCUT2D eigenvalue weighted by molar-refractivity contribution is -0.137. The number of ether oxygens (including phenoxy) is 1. The molecule has 3 rings (SSSR count). The summed E-state index contributed by atoms with van der Waals surface area (Å²) in [6.45, 7) is 0. The van der Waals surface area contributed by atoms with Crippen LogP contribution in [-0.2, 0) is 35.8 Å². The largest absolute Gasteiger partial charge is 0.460 e. The van der Waals surface area contributed by atoms with Crippen LogP contribution in [-0.4, -0.2) is 14.2 Å². The van der Waals surface area contributed by atoms with Crippen LogP contribution in [0.4, 0.5) is 13.2 Å². The van der Waals surface area contributed by atoms with Crippen LogP contribution in [0.25, 0.3) is 0 Å². The van der Waals surface area contributed by atoms with E-state index < -0.39 is 86.6 Å². The number of alkyl halides is 3. The van der Waals surface area contributed by atoms with E-state index in [2.05, 4.69) is 0 Å². The van der Waals surface area contributed by atoms with E-state index in [0.29, 0.717) is 0 Å². The van der Waals surface area contributed by atoms with Gasteiger partial charge in [0.15, 0.2) is 8.90 Å². The third kappa shape index (κ3) is 4.28. The zero-order valence-corrected chi connectivity index (χ0v) is 14.4. The molecule has 0 bridgehead atoms. The Bertz CT molecular complexity index is 1310. The molecule has 1 atom stereocenters. The fourth-order valence-corrected chi connectivity index (χ4v) is 3.19. The number of hydrogen-bond donors (Lipinski definition) is 1. The molecule has 148 valence electrons. The number of Topliss-reactive ketones (excluding diaryl/α,β-unsaturated/α-hetero) is 1. The third-order valence-corrected chi connectivity index (χ3v) is 4.45. The molecule has 0 saturated carbocycles. The number of benzene rings is 2. The van der Waals surface area contributed by atoms with Crippen molar-refractivity contribution in [2.24, 2.45) is 5.72 Å². The van der Waals surface area contributed by atoms with Gasteiger partial charge in [0.25, 0.3) is 0 Å². The predicted molar refractivity (Wildman–Crippen MR) is 91.6 cm³/mol. The average Bonchev–Trinajstić information content (AvgIpc) is 2.97. The number of ketones is 1. The third-order valence-electron chi connectivity index (χ3n) is 3.34. The smallest absolute Gasteiger partial charge is 0.416 e. The van der Waals surface area contributed by atoms with Gasteiger partial charge < -0.3 is 14.6 Å². The summed E-state index contributed by atoms with van der Waals surface area (Å²) in [6.07, 6.45) is -8.70. The van der Waals surface area contributed by atoms with Crippen LogP contribution in [0.2, 0.25) is 2.82 Å². The van der Waals surface area contributed by atoms with E-state index in [9.17, 15) is 26.4 Å². The molecule has 1 unspecified atom stereocenters. The highest BCUT2D eigenvalue weighted by molar-refractivity contribution is 7.86. The zero-order valence-electron chi connectivity index (χ0n) is 20.6. The molecule has 0 aromatic heterocycles. The first-order chi connectivity index (χ1) is 16.0. The Morgan fingerprint density at radius 2 is 1.86 bits per heavy atom. The molecule has 1 heterocycles. The molecule has 28 heavy (non-hydrogen) atoms. The first-order valence-electron chi connectivity index (χ1n) is 10.8. The molecular formula is C18H14F3NO5S. The Morgan fingerprint density at radius 1 is 1.21 bits per heavy atom. The number of carbonyl (C=O) groups is 1. The van der Waals surface area contributed by atoms with Gasteiger partial charge in [-0.05, 0) is 17.6 Å². The lowest BCUT2D eigenvalue weighted by Crippen LogP contribution is -2.16. The minimum absolute atomic E-state index is 0.217. The molecule has 10 heteroatoms. The van der Waals surface area contributed by atoms with Crippen LogP contribution >= 0.6 is 0 Å². The van der Waals surface area contributed by atoms with E-state index in [0.717, 1.165) is 0 Å². The molecule has 0 radical (unpaired) electrons. The Morgan fingerprint density at radius 3 is 2.43 bits per heavy atom. The van der Waals surface area contributed by atoms with Gasteiger partial charge >= 0.3 is 16.3 Å². The van der Waals surface area contributed by atoms with Crippen LogP contribution in [0.5, 0.6) is 0 Å². The first kappa shape index (κ1) is 12.4. The van der Waals surface area contributed by atoms with Crippen LogP contribution < -0.4 is 5.72 Å². The highest BCUT2D eigenvalue weighted by atomic mass is 32.2. The Labute approximate surface area is 168 Å². The molecule has 1 aliphatic rings. The van der Waals surface area contributed by atoms with Crippen molar-refractivity contribution in [3.8, 4) is 0 Å². The zero-order chi connectivity index (χ0) is 26.5. The second-order valence-electron chi connectivity index (χ2n) is 5.41. The first-order valence-corrected chi connectivity index (χ1v) is 8.99. The fraction of sp³-hybridized carbons (Fsp3) is 0.167. The van der Waals surface area contributed by atoms with E-state index in [1.807, 2.05) is 0 Å². The molecular weight excluding hydrogens is 399 g/mol. The van der Waals surface area contributed by atoms with Gasteiger partial charge in [-0.1, -0.05) is 42.4 Å². The molecule has 2 aromatic carbocycles. The molecule has 1 aliphatic heterocycles. The Balaban J connectivity index is 2.11. The summed E-state index contributed by atoms with van der Waals surface area (Å²) in [5.41, 5.74) is -3.47. The minimum atomic E-state index is -5.31. The highest BCUT2D eigenvalue weighted by Crippen LogP contribution is 2.35. The van der Waals surface area contributed by atoms with Crippen molar-refractivity contribution in [1.82, 2.24) is 0 Å². The summed E-state index contributed by atoms with van der Waals surface area (Å²) in [4.78, 5) is 13.0. The SMILES string of the molecule is [2H]c1c([2H])c(C2([2H])OC(N([2H])[2H])=C(OS(=O)(=O)Cc3ccccc3)C2=O)c([2H])c([2H])c1C(F)(F)F. The topological polar surface area (TPSA) is 95.7 Å². The van der Waals surface area contributed by atoms with Crippen molar-refractivity contribution in [3.05, 3.63) is 82.8 Å². The van der Waals surface area contributed by atoms with Crippen molar-refractivity contribution in [2.45, 2.75) is 18.0 Å². The number of carbonyl (C=O) groups excluding carboxylic acids is 1. The molecule has 0 fully saturated rings. The van der Waals surface area contributed by atoms with Crippen LogP contribution in [0, 0.1) is 0 Å². The van der Waals surface area contributed by atoms with Gasteiger partial charge in [0.05, 0.1) is 12.4 Å². The summed E-state index contributed by atoms with van der Waals surface area (Å²) in [7, 11) is -4.66. The Kier molecular flexibility index (Phi) is 3.20. The summed E-state index contributed by atoms with van der Waals surface area (Å²) >= 11 is 0. The van der Waals surface area contributed by atoms with Crippen molar-refractivity contribution < 1.29 is 45.0 Å². The van der Waals surface area contributed by atoms with Gasteiger partial charge in [0.2, 0.25) is 17.4 Å². The Hall–Kier alpha value is -3.01. The van der Waals surface area contributed by atoms with Gasteiger partial charge in [-0.3, -0.25) is 4.79 Å². The normalized spacial score (nSPS) is 23.5. The van der Waals surface area contributed by atoms with E-state index in [4.69, 9.17) is 18.6 Å². The second kappa shape index (κ2) is 7.19. The summed E-state index contributed by atoms with van der Waals surface area (Å²) in [6, 6.07) is 1.26. The molecule has 2 aromatic rings. The second-order valence-corrected chi connectivity index (χ2v) is 6.98. The van der Waals surface area contributed by atoms with Crippen molar-refractivity contribution in [2.75, 3.05) is 0 Å². The maximum atomic E-state index is 13.2. The predicted octanol–water partition coefficient (Wildman–Crippen LogP) is 3.02. The number of hydrogen-bond acceptors (Lipinski definition) is 6. The molecule has 0 aliphatic carbocycles. The highest BCUT2D eigenvalue weighted by Gasteiger charge is 2.40. The van der Waals surface area contributed by atoms with Crippen LogP contribution in [0.1, 0.15) is 29.6 Å². The molecule has 0 amide bonds. The summed E-state index contributed by atoms with van der Waals surface area (Å²) in [5.74, 6) is -5.19. The number of nitrogens with two attached hydrogens (primary N) is 1. The minimum Gasteiger partial charge on any atom is -0.460 e. The van der Waals surface area contributed by atoms with Crippen molar-refractivity contribution >= 4 is 15.9 Å². The average molecular weight is 420 g/mol. The van der Waals surface area contributed by atoms with Gasteiger partial charge in [0, 0.05) is 5.56 Å². The molecule has 6 nitrogen and oxygen atoms in total. The lowest BCUT2D eigenvalue weighted by atomic mass is 10.0. The van der Waals surface area contributed by atoms with E-state index in [1.165, 1.54) is 24.3 Å². The number of halogens is 3. The van der Waals surface area contributed by atoms with Gasteiger partial charge in [0.1, 0.15) is 5.75 Å². The van der Waals surface area contributed by atoms with Crippen LogP contribution in [0.15, 0.2) is 66.1 Å². The maximum absolute atomic E-state index is 13.2. The summed E-state index contributed by atoms with van der Waals surface area (Å²) < 4.78 is 128. The van der Waals surface area contributed by atoms with Gasteiger partial charge in [-0.25, -0.2) is 0 Å². The van der Waals surface area contributed by atoms with E-state index >= 15 is 0 Å². The summed E-state index contributed by atoms with van der Waals surface area (Å²) in [5, 5.41) is 0. The fourth-order valence-electron chi connectivity index (χ4n) is 2.13. The monoisotopic (exact) mass is 420 g/mol. The van der Waals surface area contributed by atoms with Crippen molar-refractivity contribution in [1.29, 1.82) is 0 Å². The molecule has 0 spiro atoms. The standard InChI is InChI=1S/C18H14F3NO5S/c19-18(20,21)13-8-6-12(7-9-13)15-14(23)16(17(22)26-15)27-28(24,25)10-11-4-2-1-3-5-11/h1-9,15H,10,22H2/i6D,7D,8D,9D,15D/hD2. The van der Waals surface area contributed by atoms with E-state index in [-0.39, 0.29) is 5.56 Å². The van der Waals surface area contributed by atoms with Crippen molar-refractivity contribution in [3.63, 3.8) is 0 Å². The van der Waals surface area contributed by atoms with Gasteiger partial charge in [-0.2, -0.15) is 21.6 Å². The lowest BCUT2D eigenvalue weighted by Gasteiger charge is -2.12. The quantitative estimate of drug-likeness (QED) is 0.722. The number of rotatable bonds is 6. The van der Waals surface area contributed by atoms with Gasteiger partial charge in [-0.15, -0.1) is 0 Å². The molecule has 2 N–H and O–H groups in total.